The molecule has 1 spiro atoms. The predicted octanol–water partition coefficient (Wildman–Crippen LogP) is 4.55. The van der Waals surface area contributed by atoms with Crippen LogP contribution in [0.4, 0.5) is 5.69 Å². The summed E-state index contributed by atoms with van der Waals surface area (Å²) in [5, 5.41) is 10.8. The van der Waals surface area contributed by atoms with Gasteiger partial charge in [0.25, 0.3) is 5.91 Å². The number of hydrogen-bond donors (Lipinski definition) is 1. The highest BCUT2D eigenvalue weighted by molar-refractivity contribution is 8.02. The zero-order valence-electron chi connectivity index (χ0n) is 23.8. The van der Waals surface area contributed by atoms with Crippen molar-refractivity contribution < 1.29 is 19.5 Å². The smallest absolute Gasteiger partial charge is 0.251 e. The van der Waals surface area contributed by atoms with Crippen molar-refractivity contribution in [2.24, 2.45) is 17.8 Å². The van der Waals surface area contributed by atoms with Gasteiger partial charge in [0.05, 0.1) is 39.9 Å². The first-order valence-corrected chi connectivity index (χ1v) is 15.9. The van der Waals surface area contributed by atoms with Crippen molar-refractivity contribution in [3.8, 4) is 0 Å². The third-order valence-electron chi connectivity index (χ3n) is 8.89. The Morgan fingerprint density at radius 1 is 0.976 bits per heavy atom. The fraction of sp³-hybridized carbons (Fsp3) is 0.424. The van der Waals surface area contributed by atoms with Crippen molar-refractivity contribution in [3.63, 3.8) is 0 Å². The van der Waals surface area contributed by atoms with E-state index < -0.39 is 28.7 Å². The molecule has 0 aliphatic carbocycles. The summed E-state index contributed by atoms with van der Waals surface area (Å²) in [6, 6.07) is 15.6. The van der Waals surface area contributed by atoms with Gasteiger partial charge in [0.2, 0.25) is 11.8 Å². The molecule has 4 aliphatic rings. The Kier molecular flexibility index (Phi) is 7.98. The van der Waals surface area contributed by atoms with Crippen molar-refractivity contribution in [1.29, 1.82) is 0 Å². The number of amides is 3. The van der Waals surface area contributed by atoms with Crippen LogP contribution in [0.1, 0.15) is 25.8 Å². The van der Waals surface area contributed by atoms with Crippen molar-refractivity contribution in [3.05, 3.63) is 89.5 Å². The van der Waals surface area contributed by atoms with E-state index in [1.807, 2.05) is 91.6 Å². The number of thioether (sulfide) groups is 1. The van der Waals surface area contributed by atoms with E-state index in [1.165, 1.54) is 0 Å². The number of aliphatic hydroxyl groups excluding tert-OH is 1. The van der Waals surface area contributed by atoms with Gasteiger partial charge in [-0.05, 0) is 30.0 Å². The van der Waals surface area contributed by atoms with E-state index in [0.29, 0.717) is 36.8 Å². The maximum Gasteiger partial charge on any atom is 0.251 e. The van der Waals surface area contributed by atoms with Gasteiger partial charge >= 0.3 is 0 Å². The third kappa shape index (κ3) is 4.77. The molecule has 2 aromatic carbocycles. The van der Waals surface area contributed by atoms with E-state index in [2.05, 4.69) is 0 Å². The van der Waals surface area contributed by atoms with E-state index in [1.54, 1.807) is 27.6 Å². The van der Waals surface area contributed by atoms with Crippen LogP contribution in [0.25, 0.3) is 0 Å². The average Bonchev–Trinajstić information content (AvgIpc) is 3.30. The summed E-state index contributed by atoms with van der Waals surface area (Å²) in [5.41, 5.74) is 1.60. The Morgan fingerprint density at radius 2 is 1.71 bits per heavy atom. The molecule has 6 atom stereocenters. The monoisotopic (exact) mass is 605 g/mol. The van der Waals surface area contributed by atoms with Crippen LogP contribution in [-0.4, -0.2) is 74.4 Å². The molecule has 2 saturated heterocycles. The maximum absolute atomic E-state index is 14.7. The third-order valence-corrected chi connectivity index (χ3v) is 11.0. The predicted molar refractivity (Wildman–Crippen MR) is 166 cm³/mol. The average molecular weight is 606 g/mol. The number of benzene rings is 2. The molecule has 1 unspecified atom stereocenters. The van der Waals surface area contributed by atoms with Crippen molar-refractivity contribution >= 4 is 46.8 Å². The van der Waals surface area contributed by atoms with Gasteiger partial charge in [-0.3, -0.25) is 14.4 Å². The summed E-state index contributed by atoms with van der Waals surface area (Å²) in [7, 11) is 0. The van der Waals surface area contributed by atoms with Crippen LogP contribution in [0.3, 0.4) is 0 Å². The molecule has 0 radical (unpaired) electrons. The Labute approximate surface area is 256 Å². The number of nitrogens with zero attached hydrogens (tertiary/aromatic N) is 3. The summed E-state index contributed by atoms with van der Waals surface area (Å²) in [6.07, 6.45) is 8.54. The lowest BCUT2D eigenvalue weighted by Gasteiger charge is -2.39. The van der Waals surface area contributed by atoms with Crippen LogP contribution in [0.2, 0.25) is 5.02 Å². The number of hydrogen-bond acceptors (Lipinski definition) is 5. The fourth-order valence-corrected chi connectivity index (χ4v) is 9.41. The lowest BCUT2D eigenvalue weighted by molar-refractivity contribution is -0.145. The summed E-state index contributed by atoms with van der Waals surface area (Å²) < 4.78 is -0.959. The van der Waals surface area contributed by atoms with Crippen LogP contribution in [0, 0.1) is 17.8 Å². The van der Waals surface area contributed by atoms with Crippen LogP contribution in [-0.2, 0) is 20.9 Å². The minimum absolute atomic E-state index is 0.0744. The molecule has 220 valence electrons. The van der Waals surface area contributed by atoms with Gasteiger partial charge in [-0.2, -0.15) is 0 Å². The quantitative estimate of drug-likeness (QED) is 0.469. The lowest BCUT2D eigenvalue weighted by atomic mass is 9.78. The number of rotatable bonds is 7. The van der Waals surface area contributed by atoms with Crippen molar-refractivity contribution in [2.45, 2.75) is 48.9 Å². The number of carbonyl (C=O) groups is 3. The highest BCUT2D eigenvalue weighted by Gasteiger charge is 2.71. The SMILES string of the molecule is CC(C)C[C@H](CO)N1C(=O)[C@@H]2[C@H]3C(=O)N(Cc4ccccc4)CC=C[C@H]3S[C@@]23C=CCN(c2ccccc2Cl)C(=O)C13. The summed E-state index contributed by atoms with van der Waals surface area (Å²) in [4.78, 5) is 48.7. The first kappa shape index (κ1) is 29.0. The highest BCUT2D eigenvalue weighted by Crippen LogP contribution is 2.61. The molecule has 0 aromatic heterocycles. The summed E-state index contributed by atoms with van der Waals surface area (Å²) in [6.45, 7) is 5.01. The largest absolute Gasteiger partial charge is 0.394 e. The standard InChI is InChI=1S/C33H36ClN3O4S/c1-21(2)18-23(20-38)37-29-32(41)36(25-13-7-6-12-24(25)34)17-9-15-33(29)28(31(37)40)27-26(42-33)14-8-16-35(30(27)39)19-22-10-4-3-5-11-22/h3-15,21,23,26-29,38H,16-20H2,1-2H3/t23-,26-,27+,28+,29?,33+/m1/s1. The van der Waals surface area contributed by atoms with Crippen LogP contribution in [0.5, 0.6) is 0 Å². The molecule has 0 bridgehead atoms. The highest BCUT2D eigenvalue weighted by atomic mass is 35.5. The fourth-order valence-electron chi connectivity index (χ4n) is 7.17. The lowest BCUT2D eigenvalue weighted by Crippen LogP contribution is -2.57. The summed E-state index contributed by atoms with van der Waals surface area (Å²) >= 11 is 8.12. The molecular weight excluding hydrogens is 570 g/mol. The molecule has 0 saturated carbocycles. The van der Waals surface area contributed by atoms with Gasteiger partial charge < -0.3 is 19.8 Å². The number of para-hydroxylation sites is 1. The van der Waals surface area contributed by atoms with Crippen LogP contribution < -0.4 is 4.90 Å². The van der Waals surface area contributed by atoms with Gasteiger partial charge in [-0.15, -0.1) is 11.8 Å². The van der Waals surface area contributed by atoms with Gasteiger partial charge in [-0.1, -0.05) is 92.2 Å². The first-order valence-electron chi connectivity index (χ1n) is 14.6. The second-order valence-electron chi connectivity index (χ2n) is 12.0. The molecule has 7 nitrogen and oxygen atoms in total. The van der Waals surface area contributed by atoms with E-state index in [-0.39, 0.29) is 35.5 Å². The first-order chi connectivity index (χ1) is 20.3. The van der Waals surface area contributed by atoms with Gasteiger partial charge in [0.15, 0.2) is 0 Å². The Morgan fingerprint density at radius 3 is 2.43 bits per heavy atom. The molecule has 4 aliphatic heterocycles. The topological polar surface area (TPSA) is 81.2 Å². The molecular formula is C33H36ClN3O4S. The minimum atomic E-state index is -0.959. The molecule has 6 rings (SSSR count). The molecule has 1 N–H and O–H groups in total. The molecule has 42 heavy (non-hydrogen) atoms. The maximum atomic E-state index is 14.7. The Hall–Kier alpha value is -3.07. The second kappa shape index (κ2) is 11.5. The molecule has 4 heterocycles. The normalized spacial score (nSPS) is 29.5. The zero-order valence-corrected chi connectivity index (χ0v) is 25.4. The van der Waals surface area contributed by atoms with Crippen molar-refractivity contribution in [2.75, 3.05) is 24.6 Å². The number of halogens is 1. The van der Waals surface area contributed by atoms with Crippen LogP contribution >= 0.6 is 23.4 Å². The number of fused-ring (bicyclic) bond motifs is 2. The Balaban J connectivity index is 1.44. The van der Waals surface area contributed by atoms with E-state index >= 15 is 0 Å². The molecule has 2 fully saturated rings. The molecule has 2 aromatic rings. The number of carbonyl (C=O) groups excluding carboxylic acids is 3. The summed E-state index contributed by atoms with van der Waals surface area (Å²) in [5.74, 6) is -1.73. The minimum Gasteiger partial charge on any atom is -0.394 e. The van der Waals surface area contributed by atoms with Gasteiger partial charge in [0.1, 0.15) is 6.04 Å². The number of anilines is 1. The molecule has 9 heteroatoms. The van der Waals surface area contributed by atoms with E-state index in [9.17, 15) is 19.5 Å². The van der Waals surface area contributed by atoms with Crippen molar-refractivity contribution in [1.82, 2.24) is 9.80 Å². The zero-order chi connectivity index (χ0) is 29.6. The van der Waals surface area contributed by atoms with Gasteiger partial charge in [-0.25, -0.2) is 0 Å². The number of likely N-dealkylation sites (tertiary alicyclic amines) is 1. The molecule has 3 amide bonds. The number of aliphatic hydroxyl groups is 1. The second-order valence-corrected chi connectivity index (χ2v) is 13.9. The Bertz CT molecular complexity index is 1430. The van der Waals surface area contributed by atoms with Crippen LogP contribution in [0.15, 0.2) is 78.9 Å². The van der Waals surface area contributed by atoms with E-state index in [0.717, 1.165) is 5.56 Å². The van der Waals surface area contributed by atoms with Gasteiger partial charge in [0, 0.05) is 24.9 Å². The van der Waals surface area contributed by atoms with E-state index in [4.69, 9.17) is 11.6 Å².